The zero-order valence-electron chi connectivity index (χ0n) is 14.4. The van der Waals surface area contributed by atoms with Crippen LogP contribution in [-0.4, -0.2) is 26.2 Å². The Balaban J connectivity index is 1.40. The molecule has 0 fully saturated rings. The van der Waals surface area contributed by atoms with Gasteiger partial charge in [-0.3, -0.25) is 4.79 Å². The molecule has 0 unspecified atom stereocenters. The van der Waals surface area contributed by atoms with Crippen LogP contribution in [-0.2, 0) is 11.2 Å². The molecule has 4 aromatic rings. The number of amides is 1. The number of nitrogens with one attached hydrogen (secondary N) is 1. The number of aromatic nitrogens is 4. The maximum absolute atomic E-state index is 12.3. The van der Waals surface area contributed by atoms with Crippen molar-refractivity contribution in [1.29, 1.82) is 0 Å². The summed E-state index contributed by atoms with van der Waals surface area (Å²) in [7, 11) is 0. The molecule has 0 aliphatic carbocycles. The van der Waals surface area contributed by atoms with Gasteiger partial charge in [0, 0.05) is 36.3 Å². The number of rotatable bonds is 6. The van der Waals surface area contributed by atoms with Crippen molar-refractivity contribution in [2.75, 3.05) is 5.32 Å². The van der Waals surface area contributed by atoms with E-state index in [9.17, 15) is 4.79 Å². The van der Waals surface area contributed by atoms with Crippen LogP contribution in [0.1, 0.15) is 18.2 Å². The number of carbonyl (C=O) groups excluding carboxylic acids is 1. The highest BCUT2D eigenvalue weighted by Crippen LogP contribution is 2.25. The van der Waals surface area contributed by atoms with Crippen LogP contribution in [0.3, 0.4) is 0 Å². The van der Waals surface area contributed by atoms with Gasteiger partial charge in [0.25, 0.3) is 0 Å². The maximum Gasteiger partial charge on any atom is 0.248 e. The monoisotopic (exact) mass is 381 g/mol. The topological polar surface area (TPSA) is 107 Å². The molecule has 9 heteroatoms. The van der Waals surface area contributed by atoms with Gasteiger partial charge >= 0.3 is 0 Å². The Kier molecular flexibility index (Phi) is 4.75. The number of anilines is 1. The molecule has 1 aromatic carbocycles. The zero-order valence-corrected chi connectivity index (χ0v) is 15.2. The van der Waals surface area contributed by atoms with Gasteiger partial charge in [0.05, 0.1) is 5.69 Å². The molecule has 0 aliphatic heterocycles. The Labute approximate surface area is 158 Å². The summed E-state index contributed by atoms with van der Waals surface area (Å²) >= 11 is 1.56. The number of para-hydroxylation sites is 1. The average Bonchev–Trinajstić information content (AvgIpc) is 3.42. The summed E-state index contributed by atoms with van der Waals surface area (Å²) in [5.41, 5.74) is 2.19. The van der Waals surface area contributed by atoms with Gasteiger partial charge in [-0.25, -0.2) is 0 Å². The first-order chi connectivity index (χ1) is 13.2. The van der Waals surface area contributed by atoms with Crippen molar-refractivity contribution in [3.05, 3.63) is 52.9 Å². The number of carbonyl (C=O) groups is 1. The van der Waals surface area contributed by atoms with Crippen LogP contribution in [0.5, 0.6) is 0 Å². The minimum Gasteiger partial charge on any atom is -0.421 e. The Hall–Kier alpha value is -3.33. The van der Waals surface area contributed by atoms with Crippen LogP contribution < -0.4 is 5.32 Å². The van der Waals surface area contributed by atoms with Crippen molar-refractivity contribution in [3.63, 3.8) is 0 Å². The molecule has 1 amide bonds. The van der Waals surface area contributed by atoms with Crippen molar-refractivity contribution >= 4 is 22.9 Å². The largest absolute Gasteiger partial charge is 0.421 e. The third-order valence-corrected chi connectivity index (χ3v) is 4.45. The van der Waals surface area contributed by atoms with Crippen molar-refractivity contribution < 1.29 is 13.7 Å². The van der Waals surface area contributed by atoms with Crippen LogP contribution in [0, 0.1) is 6.92 Å². The van der Waals surface area contributed by atoms with Gasteiger partial charge in [0.1, 0.15) is 0 Å². The Bertz CT molecular complexity index is 1050. The summed E-state index contributed by atoms with van der Waals surface area (Å²) in [6, 6.07) is 9.20. The predicted molar refractivity (Wildman–Crippen MR) is 99.0 cm³/mol. The van der Waals surface area contributed by atoms with E-state index in [0.29, 0.717) is 41.2 Å². The smallest absolute Gasteiger partial charge is 0.248 e. The summed E-state index contributed by atoms with van der Waals surface area (Å²) in [5, 5.41) is 18.7. The minimum absolute atomic E-state index is 0.169. The van der Waals surface area contributed by atoms with E-state index in [1.165, 1.54) is 0 Å². The molecular formula is C18H15N5O3S. The Morgan fingerprint density at radius 1 is 1.22 bits per heavy atom. The molecule has 0 spiro atoms. The molecule has 0 radical (unpaired) electrons. The second-order valence-electron chi connectivity index (χ2n) is 5.74. The van der Waals surface area contributed by atoms with Crippen molar-refractivity contribution in [3.8, 4) is 22.8 Å². The average molecular weight is 381 g/mol. The normalized spacial score (nSPS) is 10.9. The van der Waals surface area contributed by atoms with Gasteiger partial charge < -0.3 is 14.3 Å². The number of hydrogen-bond acceptors (Lipinski definition) is 8. The first kappa shape index (κ1) is 17.1. The fraction of sp³-hybridized carbons (Fsp3) is 0.167. The third-order valence-electron chi connectivity index (χ3n) is 3.77. The fourth-order valence-electron chi connectivity index (χ4n) is 2.49. The summed E-state index contributed by atoms with van der Waals surface area (Å²) in [5.74, 6) is 1.61. The van der Waals surface area contributed by atoms with E-state index >= 15 is 0 Å². The Morgan fingerprint density at radius 3 is 2.89 bits per heavy atom. The van der Waals surface area contributed by atoms with E-state index in [4.69, 9.17) is 8.94 Å². The van der Waals surface area contributed by atoms with Crippen molar-refractivity contribution in [1.82, 2.24) is 20.3 Å². The second-order valence-corrected chi connectivity index (χ2v) is 6.52. The van der Waals surface area contributed by atoms with E-state index in [-0.39, 0.29) is 12.3 Å². The molecule has 27 heavy (non-hydrogen) atoms. The number of benzene rings is 1. The molecule has 0 bridgehead atoms. The summed E-state index contributed by atoms with van der Waals surface area (Å²) in [6.07, 6.45) is 0.567. The SMILES string of the molecule is Cc1nc(-c2ccccc2NC(=O)CCc2nnc(-c3ccsc3)o2)no1. The lowest BCUT2D eigenvalue weighted by atomic mass is 10.1. The molecule has 0 saturated carbocycles. The number of hydrogen-bond donors (Lipinski definition) is 1. The van der Waals surface area contributed by atoms with Gasteiger partial charge in [-0.1, -0.05) is 17.3 Å². The quantitative estimate of drug-likeness (QED) is 0.542. The molecule has 3 heterocycles. The lowest BCUT2D eigenvalue weighted by molar-refractivity contribution is -0.116. The van der Waals surface area contributed by atoms with Crippen molar-refractivity contribution in [2.45, 2.75) is 19.8 Å². The van der Waals surface area contributed by atoms with E-state index in [1.807, 2.05) is 35.0 Å². The zero-order chi connectivity index (χ0) is 18.6. The molecule has 1 N–H and O–H groups in total. The number of thiophene rings is 1. The molecule has 136 valence electrons. The first-order valence-electron chi connectivity index (χ1n) is 8.23. The highest BCUT2D eigenvalue weighted by Gasteiger charge is 2.14. The highest BCUT2D eigenvalue weighted by molar-refractivity contribution is 7.08. The number of nitrogens with zero attached hydrogens (tertiary/aromatic N) is 4. The molecule has 0 atom stereocenters. The molecule has 8 nitrogen and oxygen atoms in total. The van der Waals surface area contributed by atoms with Gasteiger partial charge in [-0.2, -0.15) is 16.3 Å². The lowest BCUT2D eigenvalue weighted by Gasteiger charge is -2.08. The van der Waals surface area contributed by atoms with E-state index in [0.717, 1.165) is 5.56 Å². The standard InChI is InChI=1S/C18H15N5O3S/c1-11-19-17(23-26-11)13-4-2-3-5-14(13)20-15(24)6-7-16-21-22-18(25-16)12-8-9-27-10-12/h2-5,8-10H,6-7H2,1H3,(H,20,24). The first-order valence-corrected chi connectivity index (χ1v) is 9.18. The van der Waals surface area contributed by atoms with Crippen LogP contribution in [0.4, 0.5) is 5.69 Å². The van der Waals surface area contributed by atoms with Crippen LogP contribution in [0.25, 0.3) is 22.8 Å². The lowest BCUT2D eigenvalue weighted by Crippen LogP contribution is -2.13. The van der Waals surface area contributed by atoms with Gasteiger partial charge in [0.15, 0.2) is 0 Å². The van der Waals surface area contributed by atoms with Gasteiger partial charge in [0.2, 0.25) is 29.4 Å². The Morgan fingerprint density at radius 2 is 2.11 bits per heavy atom. The number of aryl methyl sites for hydroxylation is 2. The van der Waals surface area contributed by atoms with Crippen molar-refractivity contribution in [2.24, 2.45) is 0 Å². The summed E-state index contributed by atoms with van der Waals surface area (Å²) < 4.78 is 10.6. The third kappa shape index (κ3) is 3.93. The molecule has 0 aliphatic rings. The highest BCUT2D eigenvalue weighted by atomic mass is 32.1. The van der Waals surface area contributed by atoms with Crippen LogP contribution >= 0.6 is 11.3 Å². The van der Waals surface area contributed by atoms with Gasteiger partial charge in [-0.05, 0) is 23.6 Å². The van der Waals surface area contributed by atoms with E-state index in [2.05, 4.69) is 25.7 Å². The molecule has 3 aromatic heterocycles. The molecule has 4 rings (SSSR count). The summed E-state index contributed by atoms with van der Waals surface area (Å²) in [6.45, 7) is 1.71. The van der Waals surface area contributed by atoms with Crippen LogP contribution in [0.15, 0.2) is 50.0 Å². The summed E-state index contributed by atoms with van der Waals surface area (Å²) in [4.78, 5) is 16.6. The minimum atomic E-state index is -0.169. The second kappa shape index (κ2) is 7.50. The van der Waals surface area contributed by atoms with E-state index in [1.54, 1.807) is 24.3 Å². The van der Waals surface area contributed by atoms with E-state index < -0.39 is 0 Å². The van der Waals surface area contributed by atoms with Crippen LogP contribution in [0.2, 0.25) is 0 Å². The predicted octanol–water partition coefficient (Wildman–Crippen LogP) is 3.73. The molecular weight excluding hydrogens is 366 g/mol. The molecule has 0 saturated heterocycles. The fourth-order valence-corrected chi connectivity index (χ4v) is 3.12. The van der Waals surface area contributed by atoms with Gasteiger partial charge in [-0.15, -0.1) is 10.2 Å². The maximum atomic E-state index is 12.3.